The molecule has 12 heavy (non-hydrogen) atoms. The fourth-order valence-electron chi connectivity index (χ4n) is 1.48. The Kier molecular flexibility index (Phi) is 1.96. The van der Waals surface area contributed by atoms with Gasteiger partial charge >= 0.3 is 0 Å². The molecule has 1 aliphatic heterocycles. The van der Waals surface area contributed by atoms with Crippen LogP contribution in [-0.2, 0) is 10.2 Å². The van der Waals surface area contributed by atoms with E-state index in [9.17, 15) is 0 Å². The van der Waals surface area contributed by atoms with E-state index in [1.807, 2.05) is 6.20 Å². The van der Waals surface area contributed by atoms with Crippen LogP contribution in [-0.4, -0.2) is 23.2 Å². The highest BCUT2D eigenvalue weighted by Crippen LogP contribution is 2.31. The lowest BCUT2D eigenvalue weighted by atomic mass is 9.87. The van der Waals surface area contributed by atoms with Gasteiger partial charge in [-0.15, -0.1) is 0 Å². The number of nitrogens with one attached hydrogen (secondary N) is 1. The lowest BCUT2D eigenvalue weighted by Gasteiger charge is -2.18. The van der Waals surface area contributed by atoms with Gasteiger partial charge < -0.3 is 9.72 Å². The minimum atomic E-state index is 0.138. The van der Waals surface area contributed by atoms with Gasteiger partial charge in [-0.25, -0.2) is 4.98 Å². The SMILES string of the molecule is CC1(c2cnc(Br)[nH]2)CCOC1. The number of hydrogen-bond donors (Lipinski definition) is 1. The Morgan fingerprint density at radius 3 is 3.08 bits per heavy atom. The molecule has 4 heteroatoms. The molecular weight excluding hydrogens is 220 g/mol. The van der Waals surface area contributed by atoms with Crippen LogP contribution >= 0.6 is 15.9 Å². The normalized spacial score (nSPS) is 29.5. The fraction of sp³-hybridized carbons (Fsp3) is 0.625. The van der Waals surface area contributed by atoms with Crippen molar-refractivity contribution in [2.45, 2.75) is 18.8 Å². The Morgan fingerprint density at radius 1 is 1.75 bits per heavy atom. The molecule has 1 unspecified atom stereocenters. The quantitative estimate of drug-likeness (QED) is 0.800. The third-order valence-electron chi connectivity index (χ3n) is 2.41. The van der Waals surface area contributed by atoms with E-state index in [4.69, 9.17) is 4.74 Å². The molecule has 0 aromatic carbocycles. The Bertz CT molecular complexity index is 278. The Hall–Kier alpha value is -0.350. The summed E-state index contributed by atoms with van der Waals surface area (Å²) in [6, 6.07) is 0. The topological polar surface area (TPSA) is 37.9 Å². The van der Waals surface area contributed by atoms with Crippen LogP contribution in [0.3, 0.4) is 0 Å². The van der Waals surface area contributed by atoms with E-state index in [1.54, 1.807) is 0 Å². The molecule has 2 heterocycles. The van der Waals surface area contributed by atoms with Crippen molar-refractivity contribution < 1.29 is 4.74 Å². The number of imidazole rings is 1. The van der Waals surface area contributed by atoms with Gasteiger partial charge in [0, 0.05) is 23.9 Å². The number of halogens is 1. The van der Waals surface area contributed by atoms with Crippen molar-refractivity contribution in [2.24, 2.45) is 0 Å². The molecule has 1 aromatic heterocycles. The van der Waals surface area contributed by atoms with Gasteiger partial charge in [0.05, 0.1) is 6.61 Å². The molecule has 0 saturated carbocycles. The summed E-state index contributed by atoms with van der Waals surface area (Å²) in [5.74, 6) is 0. The molecule has 0 bridgehead atoms. The van der Waals surface area contributed by atoms with Gasteiger partial charge in [0.2, 0.25) is 0 Å². The highest BCUT2D eigenvalue weighted by atomic mass is 79.9. The van der Waals surface area contributed by atoms with Gasteiger partial charge in [-0.1, -0.05) is 6.92 Å². The van der Waals surface area contributed by atoms with Crippen LogP contribution in [0, 0.1) is 0 Å². The second-order valence-electron chi connectivity index (χ2n) is 3.45. The molecule has 0 aliphatic carbocycles. The van der Waals surface area contributed by atoms with Crippen LogP contribution in [0.4, 0.5) is 0 Å². The Labute approximate surface area is 79.7 Å². The average Bonchev–Trinajstić information content (AvgIpc) is 2.59. The first kappa shape index (κ1) is 8.26. The van der Waals surface area contributed by atoms with Crippen LogP contribution in [0.15, 0.2) is 10.9 Å². The molecule has 1 saturated heterocycles. The molecule has 1 fully saturated rings. The summed E-state index contributed by atoms with van der Waals surface area (Å²) in [6.45, 7) is 3.84. The van der Waals surface area contributed by atoms with Gasteiger partial charge in [-0.05, 0) is 22.4 Å². The van der Waals surface area contributed by atoms with Crippen molar-refractivity contribution in [3.63, 3.8) is 0 Å². The van der Waals surface area contributed by atoms with Gasteiger partial charge in [-0.2, -0.15) is 0 Å². The zero-order chi connectivity index (χ0) is 8.60. The van der Waals surface area contributed by atoms with E-state index in [2.05, 4.69) is 32.8 Å². The zero-order valence-corrected chi connectivity index (χ0v) is 8.52. The summed E-state index contributed by atoms with van der Waals surface area (Å²) in [7, 11) is 0. The molecule has 2 rings (SSSR count). The third-order valence-corrected chi connectivity index (χ3v) is 2.82. The van der Waals surface area contributed by atoms with E-state index >= 15 is 0 Å². The molecule has 66 valence electrons. The lowest BCUT2D eigenvalue weighted by Crippen LogP contribution is -2.22. The second-order valence-corrected chi connectivity index (χ2v) is 4.20. The number of nitrogens with zero attached hydrogens (tertiary/aromatic N) is 1. The summed E-state index contributed by atoms with van der Waals surface area (Å²) >= 11 is 3.30. The van der Waals surface area contributed by atoms with Crippen molar-refractivity contribution in [1.29, 1.82) is 0 Å². The predicted molar refractivity (Wildman–Crippen MR) is 49.1 cm³/mol. The molecule has 1 atom stereocenters. The summed E-state index contributed by atoms with van der Waals surface area (Å²) in [4.78, 5) is 7.30. The summed E-state index contributed by atoms with van der Waals surface area (Å²) in [5.41, 5.74) is 1.30. The minimum absolute atomic E-state index is 0.138. The van der Waals surface area contributed by atoms with Crippen molar-refractivity contribution in [1.82, 2.24) is 9.97 Å². The van der Waals surface area contributed by atoms with Gasteiger partial charge in [0.25, 0.3) is 0 Å². The fourth-order valence-corrected chi connectivity index (χ4v) is 1.80. The largest absolute Gasteiger partial charge is 0.380 e. The van der Waals surface area contributed by atoms with Crippen LogP contribution < -0.4 is 0 Å². The van der Waals surface area contributed by atoms with E-state index in [1.165, 1.54) is 0 Å². The second kappa shape index (κ2) is 2.85. The van der Waals surface area contributed by atoms with Gasteiger partial charge in [0.1, 0.15) is 0 Å². The first-order valence-electron chi connectivity index (χ1n) is 3.99. The number of hydrogen-bond acceptors (Lipinski definition) is 2. The van der Waals surface area contributed by atoms with Crippen LogP contribution in [0.1, 0.15) is 19.0 Å². The molecule has 1 aromatic rings. The van der Waals surface area contributed by atoms with E-state index in [0.29, 0.717) is 0 Å². The molecule has 0 radical (unpaired) electrons. The summed E-state index contributed by atoms with van der Waals surface area (Å²) < 4.78 is 6.16. The van der Waals surface area contributed by atoms with E-state index < -0.39 is 0 Å². The van der Waals surface area contributed by atoms with Crippen molar-refractivity contribution in [3.8, 4) is 0 Å². The maximum atomic E-state index is 5.36. The third kappa shape index (κ3) is 1.29. The molecule has 0 spiro atoms. The van der Waals surface area contributed by atoms with Crippen LogP contribution in [0.5, 0.6) is 0 Å². The lowest BCUT2D eigenvalue weighted by molar-refractivity contribution is 0.180. The first-order valence-corrected chi connectivity index (χ1v) is 4.79. The van der Waals surface area contributed by atoms with Crippen molar-refractivity contribution in [3.05, 3.63) is 16.6 Å². The highest BCUT2D eigenvalue weighted by Gasteiger charge is 2.33. The summed E-state index contributed by atoms with van der Waals surface area (Å²) in [6.07, 6.45) is 2.94. The highest BCUT2D eigenvalue weighted by molar-refractivity contribution is 9.10. The molecular formula is C8H11BrN2O. The number of aromatic amines is 1. The number of rotatable bonds is 1. The Morgan fingerprint density at radius 2 is 2.58 bits per heavy atom. The molecule has 0 amide bonds. The van der Waals surface area contributed by atoms with E-state index in [0.717, 1.165) is 30.1 Å². The van der Waals surface area contributed by atoms with Crippen LogP contribution in [0.25, 0.3) is 0 Å². The van der Waals surface area contributed by atoms with Crippen molar-refractivity contribution >= 4 is 15.9 Å². The van der Waals surface area contributed by atoms with E-state index in [-0.39, 0.29) is 5.41 Å². The smallest absolute Gasteiger partial charge is 0.174 e. The number of ether oxygens (including phenoxy) is 1. The maximum absolute atomic E-state index is 5.36. The Balaban J connectivity index is 2.28. The molecule has 1 N–H and O–H groups in total. The monoisotopic (exact) mass is 230 g/mol. The van der Waals surface area contributed by atoms with Gasteiger partial charge in [-0.3, -0.25) is 0 Å². The number of H-pyrrole nitrogens is 1. The first-order chi connectivity index (χ1) is 5.71. The van der Waals surface area contributed by atoms with Crippen molar-refractivity contribution in [2.75, 3.05) is 13.2 Å². The predicted octanol–water partition coefficient (Wildman–Crippen LogP) is 1.85. The van der Waals surface area contributed by atoms with Gasteiger partial charge in [0.15, 0.2) is 4.73 Å². The molecule has 1 aliphatic rings. The number of aromatic nitrogens is 2. The zero-order valence-electron chi connectivity index (χ0n) is 6.93. The standard InChI is InChI=1S/C8H11BrN2O/c1-8(2-3-12-5-8)6-4-10-7(9)11-6/h4H,2-3,5H2,1H3,(H,10,11). The average molecular weight is 231 g/mol. The molecule has 3 nitrogen and oxygen atoms in total. The van der Waals surface area contributed by atoms with Crippen LogP contribution in [0.2, 0.25) is 0 Å². The minimum Gasteiger partial charge on any atom is -0.380 e. The summed E-state index contributed by atoms with van der Waals surface area (Å²) in [5, 5.41) is 0. The maximum Gasteiger partial charge on any atom is 0.174 e.